The van der Waals surface area contributed by atoms with Gasteiger partial charge >= 0.3 is 5.69 Å². The molecule has 8 N–H and O–H groups in total. The molecular weight excluding hydrogens is 520 g/mol. The second-order valence-corrected chi connectivity index (χ2v) is 9.98. The number of amides is 1. The van der Waals surface area contributed by atoms with E-state index >= 15 is 0 Å². The minimum absolute atomic E-state index is 0.0168. The van der Waals surface area contributed by atoms with Gasteiger partial charge in [-0.15, -0.1) is 0 Å². The molecule has 2 aromatic heterocycles. The van der Waals surface area contributed by atoms with Gasteiger partial charge in [-0.2, -0.15) is 4.98 Å². The monoisotopic (exact) mass is 556 g/mol. The number of H-pyrrole nitrogens is 1. The molecule has 1 aliphatic rings. The summed E-state index contributed by atoms with van der Waals surface area (Å²) < 4.78 is 1.55. The number of nitrogens with zero attached hydrogens (tertiary/aromatic N) is 3. The number of nitrogens with one attached hydrogen (secondary N) is 6. The molecule has 0 atom stereocenters. The van der Waals surface area contributed by atoms with Gasteiger partial charge in [0.15, 0.2) is 5.96 Å². The Kier molecular flexibility index (Phi) is 8.92. The third kappa shape index (κ3) is 7.29. The van der Waals surface area contributed by atoms with Crippen molar-refractivity contribution in [3.63, 3.8) is 0 Å². The molecule has 214 valence electrons. The maximum atomic E-state index is 12.9. The largest absolute Gasteiger partial charge is 0.376 e. The summed E-state index contributed by atoms with van der Waals surface area (Å²) in [4.78, 5) is 34.8. The normalized spacial score (nSPS) is 13.3. The Morgan fingerprint density at radius 1 is 1.07 bits per heavy atom. The third-order valence-electron chi connectivity index (χ3n) is 6.98. The van der Waals surface area contributed by atoms with Crippen LogP contribution in [-0.4, -0.2) is 77.1 Å². The SMILES string of the molecule is N=C(N)NCCCNCc1ccc(-n2cc3cc(-c4cccc(NCC(=O)N5CCNCC5)c4)[nH]c3nc2=O)cc1. The highest BCUT2D eigenvalue weighted by atomic mass is 16.2. The standard InChI is InChI=1S/C29H36N10O2/c30-28(31)34-10-2-9-33-17-20-5-7-24(8-6-20)39-19-22-16-25(36-27(22)37-29(39)41)21-3-1-4-23(15-21)35-18-26(40)38-13-11-32-12-14-38/h1,3-8,15-16,19,32-33,35H,2,9-14,17-18H2,(H4,30,31,34)(H,36,37,41). The van der Waals surface area contributed by atoms with Gasteiger partial charge in [0.1, 0.15) is 5.65 Å². The molecule has 0 spiro atoms. The molecule has 0 unspecified atom stereocenters. The molecule has 0 aliphatic carbocycles. The van der Waals surface area contributed by atoms with Gasteiger partial charge in [-0.25, -0.2) is 4.79 Å². The highest BCUT2D eigenvalue weighted by molar-refractivity contribution is 5.84. The second-order valence-electron chi connectivity index (χ2n) is 9.98. The lowest BCUT2D eigenvalue weighted by molar-refractivity contribution is -0.129. The number of anilines is 1. The highest BCUT2D eigenvalue weighted by Crippen LogP contribution is 2.25. The van der Waals surface area contributed by atoms with Crippen LogP contribution < -0.4 is 32.7 Å². The van der Waals surface area contributed by atoms with E-state index in [1.165, 1.54) is 0 Å². The number of carbonyl (C=O) groups excluding carboxylic acids is 1. The topological polar surface area (TPSA) is 169 Å². The summed E-state index contributed by atoms with van der Waals surface area (Å²) in [5, 5.41) is 20.6. The number of aromatic amines is 1. The Bertz CT molecular complexity index is 1550. The van der Waals surface area contributed by atoms with Crippen molar-refractivity contribution < 1.29 is 4.79 Å². The Morgan fingerprint density at radius 3 is 2.66 bits per heavy atom. The second kappa shape index (κ2) is 13.1. The predicted molar refractivity (Wildman–Crippen MR) is 161 cm³/mol. The van der Waals surface area contributed by atoms with E-state index in [1.807, 2.05) is 59.5 Å². The zero-order valence-electron chi connectivity index (χ0n) is 22.9. The summed E-state index contributed by atoms with van der Waals surface area (Å²) in [6, 6.07) is 17.6. The van der Waals surface area contributed by atoms with Gasteiger partial charge in [0.05, 0.1) is 12.2 Å². The lowest BCUT2D eigenvalue weighted by atomic mass is 10.1. The summed E-state index contributed by atoms with van der Waals surface area (Å²) in [5.74, 6) is 0.0686. The summed E-state index contributed by atoms with van der Waals surface area (Å²) in [7, 11) is 0. The zero-order valence-corrected chi connectivity index (χ0v) is 22.9. The van der Waals surface area contributed by atoms with Crippen LogP contribution in [0.25, 0.3) is 28.0 Å². The van der Waals surface area contributed by atoms with Crippen molar-refractivity contribution >= 4 is 28.6 Å². The Morgan fingerprint density at radius 2 is 1.88 bits per heavy atom. The first-order valence-electron chi connectivity index (χ1n) is 13.8. The van der Waals surface area contributed by atoms with Crippen molar-refractivity contribution in [1.29, 1.82) is 5.41 Å². The van der Waals surface area contributed by atoms with Crippen LogP contribution >= 0.6 is 0 Å². The Balaban J connectivity index is 1.23. The molecule has 0 radical (unpaired) electrons. The van der Waals surface area contributed by atoms with E-state index in [0.717, 1.165) is 72.7 Å². The van der Waals surface area contributed by atoms with Crippen molar-refractivity contribution in [2.24, 2.45) is 5.73 Å². The molecule has 1 saturated heterocycles. The Labute approximate surface area is 237 Å². The minimum atomic E-state index is -0.364. The third-order valence-corrected chi connectivity index (χ3v) is 6.98. The van der Waals surface area contributed by atoms with Crippen LogP contribution in [0, 0.1) is 5.41 Å². The van der Waals surface area contributed by atoms with Crippen LogP contribution in [0.15, 0.2) is 65.6 Å². The van der Waals surface area contributed by atoms with Gasteiger partial charge in [0.2, 0.25) is 5.91 Å². The minimum Gasteiger partial charge on any atom is -0.376 e. The molecule has 1 amide bonds. The van der Waals surface area contributed by atoms with Crippen molar-refractivity contribution in [2.45, 2.75) is 13.0 Å². The van der Waals surface area contributed by atoms with Crippen LogP contribution in [0.2, 0.25) is 0 Å². The Hall–Kier alpha value is -4.68. The van der Waals surface area contributed by atoms with Crippen molar-refractivity contribution in [2.75, 3.05) is 51.1 Å². The molecule has 0 bridgehead atoms. The molecule has 0 saturated carbocycles. The first-order chi connectivity index (χ1) is 20.0. The first kappa shape index (κ1) is 27.9. The number of benzene rings is 2. The molecule has 1 aliphatic heterocycles. The summed E-state index contributed by atoms with van der Waals surface area (Å²) in [5.41, 5.74) is 9.88. The molecule has 4 aromatic rings. The van der Waals surface area contributed by atoms with E-state index < -0.39 is 0 Å². The van der Waals surface area contributed by atoms with Gasteiger partial charge in [-0.05, 0) is 48.9 Å². The number of hydrogen-bond acceptors (Lipinski definition) is 7. The van der Waals surface area contributed by atoms with Gasteiger partial charge in [-0.1, -0.05) is 24.3 Å². The van der Waals surface area contributed by atoms with Gasteiger partial charge in [0.25, 0.3) is 0 Å². The van der Waals surface area contributed by atoms with Crippen LogP contribution in [0.4, 0.5) is 5.69 Å². The molecule has 12 heteroatoms. The zero-order chi connectivity index (χ0) is 28.6. The van der Waals surface area contributed by atoms with E-state index in [2.05, 4.69) is 31.2 Å². The van der Waals surface area contributed by atoms with Gasteiger partial charge < -0.3 is 36.9 Å². The van der Waals surface area contributed by atoms with E-state index in [9.17, 15) is 9.59 Å². The number of piperazine rings is 1. The number of rotatable bonds is 11. The van der Waals surface area contributed by atoms with Crippen molar-refractivity contribution in [1.82, 2.24) is 35.4 Å². The number of carbonyl (C=O) groups is 1. The van der Waals surface area contributed by atoms with Crippen LogP contribution in [-0.2, 0) is 11.3 Å². The molecule has 3 heterocycles. The number of guanidine groups is 1. The predicted octanol–water partition coefficient (Wildman–Crippen LogP) is 1.19. The van der Waals surface area contributed by atoms with Crippen LogP contribution in [0.3, 0.4) is 0 Å². The van der Waals surface area contributed by atoms with Gasteiger partial charge in [-0.3, -0.25) is 14.8 Å². The smallest absolute Gasteiger partial charge is 0.354 e. The fourth-order valence-electron chi connectivity index (χ4n) is 4.78. The average Bonchev–Trinajstić information content (AvgIpc) is 3.41. The highest BCUT2D eigenvalue weighted by Gasteiger charge is 2.16. The van der Waals surface area contributed by atoms with E-state index in [0.29, 0.717) is 18.7 Å². The number of nitrogens with two attached hydrogens (primary N) is 1. The van der Waals surface area contributed by atoms with Crippen LogP contribution in [0.1, 0.15) is 12.0 Å². The number of hydrogen-bond donors (Lipinski definition) is 7. The fraction of sp³-hybridized carbons (Fsp3) is 0.310. The van der Waals surface area contributed by atoms with Gasteiger partial charge in [0, 0.05) is 67.8 Å². The quantitative estimate of drug-likeness (QED) is 0.0821. The average molecular weight is 557 g/mol. The molecule has 5 rings (SSSR count). The maximum absolute atomic E-state index is 12.9. The fourth-order valence-corrected chi connectivity index (χ4v) is 4.78. The molecule has 1 fully saturated rings. The first-order valence-corrected chi connectivity index (χ1v) is 13.8. The lowest BCUT2D eigenvalue weighted by Gasteiger charge is -2.27. The number of aromatic nitrogens is 3. The summed E-state index contributed by atoms with van der Waals surface area (Å²) >= 11 is 0. The number of fused-ring (bicyclic) bond motifs is 1. The van der Waals surface area contributed by atoms with E-state index in [4.69, 9.17) is 11.1 Å². The van der Waals surface area contributed by atoms with Crippen LogP contribution in [0.5, 0.6) is 0 Å². The lowest BCUT2D eigenvalue weighted by Crippen LogP contribution is -2.48. The molecule has 2 aromatic carbocycles. The van der Waals surface area contributed by atoms with E-state index in [1.54, 1.807) is 10.8 Å². The molecular formula is C29H36N10O2. The summed E-state index contributed by atoms with van der Waals surface area (Å²) in [6.45, 7) is 5.50. The maximum Gasteiger partial charge on any atom is 0.354 e. The summed E-state index contributed by atoms with van der Waals surface area (Å²) in [6.07, 6.45) is 2.66. The molecule has 41 heavy (non-hydrogen) atoms. The molecule has 12 nitrogen and oxygen atoms in total. The van der Waals surface area contributed by atoms with Crippen molar-refractivity contribution in [3.05, 3.63) is 76.8 Å². The van der Waals surface area contributed by atoms with Crippen molar-refractivity contribution in [3.8, 4) is 16.9 Å². The van der Waals surface area contributed by atoms with E-state index in [-0.39, 0.29) is 24.1 Å².